The van der Waals surface area contributed by atoms with Crippen molar-refractivity contribution in [3.05, 3.63) is 24.5 Å². The Morgan fingerprint density at radius 2 is 2.06 bits per heavy atom. The highest BCUT2D eigenvalue weighted by atomic mass is 16.5. The van der Waals surface area contributed by atoms with E-state index >= 15 is 0 Å². The third-order valence-corrected chi connectivity index (χ3v) is 2.43. The minimum Gasteiger partial charge on any atom is -0.337 e. The molecule has 0 aliphatic rings. The summed E-state index contributed by atoms with van der Waals surface area (Å²) in [6.45, 7) is 6.05. The van der Waals surface area contributed by atoms with Gasteiger partial charge in [0.2, 0.25) is 11.7 Å². The van der Waals surface area contributed by atoms with Gasteiger partial charge in [0.15, 0.2) is 0 Å². The summed E-state index contributed by atoms with van der Waals surface area (Å²) >= 11 is 0. The normalized spacial score (nSPS) is 13.6. The zero-order valence-corrected chi connectivity index (χ0v) is 10.1. The van der Waals surface area contributed by atoms with Crippen molar-refractivity contribution in [3.63, 3.8) is 0 Å². The fourth-order valence-electron chi connectivity index (χ4n) is 1.25. The maximum Gasteiger partial charge on any atom is 0.244 e. The second-order valence-electron chi connectivity index (χ2n) is 4.89. The standard InChI is InChI=1S/C11H15N5O/c1-11(2,3)8(12)10-15-9(16-17-10)7-6-13-4-5-14-7/h4-6,8H,12H2,1-3H3/t8-/m1/s1. The predicted octanol–water partition coefficient (Wildman–Crippen LogP) is 1.57. The molecule has 6 heteroatoms. The van der Waals surface area contributed by atoms with Crippen LogP contribution in [0.25, 0.3) is 11.5 Å². The first-order valence-corrected chi connectivity index (χ1v) is 5.34. The Kier molecular flexibility index (Phi) is 2.89. The van der Waals surface area contributed by atoms with Crippen LogP contribution >= 0.6 is 0 Å². The summed E-state index contributed by atoms with van der Waals surface area (Å²) in [6.07, 6.45) is 4.75. The lowest BCUT2D eigenvalue weighted by Crippen LogP contribution is -2.26. The number of nitrogens with zero attached hydrogens (tertiary/aromatic N) is 4. The molecule has 0 bridgehead atoms. The molecule has 0 aromatic carbocycles. The molecule has 1 atom stereocenters. The van der Waals surface area contributed by atoms with E-state index in [-0.39, 0.29) is 11.5 Å². The van der Waals surface area contributed by atoms with E-state index in [1.54, 1.807) is 18.6 Å². The van der Waals surface area contributed by atoms with Crippen LogP contribution in [0.15, 0.2) is 23.1 Å². The monoisotopic (exact) mass is 233 g/mol. The van der Waals surface area contributed by atoms with E-state index in [2.05, 4.69) is 20.1 Å². The number of hydrogen-bond donors (Lipinski definition) is 1. The smallest absolute Gasteiger partial charge is 0.244 e. The van der Waals surface area contributed by atoms with Gasteiger partial charge < -0.3 is 10.3 Å². The summed E-state index contributed by atoms with van der Waals surface area (Å²) in [4.78, 5) is 12.3. The number of aromatic nitrogens is 4. The molecule has 0 radical (unpaired) electrons. The average Bonchev–Trinajstić information content (AvgIpc) is 2.77. The molecular weight excluding hydrogens is 218 g/mol. The lowest BCUT2D eigenvalue weighted by atomic mass is 9.87. The molecule has 0 unspecified atom stereocenters. The molecular formula is C11H15N5O. The second kappa shape index (κ2) is 4.21. The summed E-state index contributed by atoms with van der Waals surface area (Å²) in [6, 6.07) is -0.305. The van der Waals surface area contributed by atoms with Gasteiger partial charge in [-0.3, -0.25) is 4.98 Å². The van der Waals surface area contributed by atoms with E-state index in [0.717, 1.165) is 0 Å². The first-order chi connectivity index (χ1) is 7.98. The van der Waals surface area contributed by atoms with Crippen molar-refractivity contribution >= 4 is 0 Å². The Morgan fingerprint density at radius 1 is 1.29 bits per heavy atom. The van der Waals surface area contributed by atoms with E-state index in [1.165, 1.54) is 0 Å². The van der Waals surface area contributed by atoms with E-state index in [9.17, 15) is 0 Å². The molecule has 17 heavy (non-hydrogen) atoms. The van der Waals surface area contributed by atoms with Crippen molar-refractivity contribution in [2.24, 2.45) is 11.1 Å². The summed E-state index contributed by atoms with van der Waals surface area (Å²) in [5.41, 5.74) is 6.47. The molecule has 0 aliphatic carbocycles. The third kappa shape index (κ3) is 2.47. The average molecular weight is 233 g/mol. The van der Waals surface area contributed by atoms with Gasteiger partial charge in [0.25, 0.3) is 0 Å². The Morgan fingerprint density at radius 3 is 2.65 bits per heavy atom. The summed E-state index contributed by atoms with van der Waals surface area (Å²) in [5.74, 6) is 0.825. The Labute approximate surface area is 99.3 Å². The Hall–Kier alpha value is -1.82. The van der Waals surface area contributed by atoms with Crippen molar-refractivity contribution < 1.29 is 4.52 Å². The summed E-state index contributed by atoms with van der Waals surface area (Å²) < 4.78 is 5.15. The maximum absolute atomic E-state index is 6.03. The molecule has 90 valence electrons. The van der Waals surface area contributed by atoms with Gasteiger partial charge in [-0.25, -0.2) is 4.98 Å². The maximum atomic E-state index is 6.03. The minimum atomic E-state index is -0.305. The highest BCUT2D eigenvalue weighted by Crippen LogP contribution is 2.29. The van der Waals surface area contributed by atoms with Gasteiger partial charge in [0.05, 0.1) is 12.2 Å². The third-order valence-electron chi connectivity index (χ3n) is 2.43. The molecule has 0 saturated carbocycles. The molecule has 0 amide bonds. The van der Waals surface area contributed by atoms with Crippen LogP contribution in [0, 0.1) is 5.41 Å². The molecule has 0 spiro atoms. The van der Waals surface area contributed by atoms with Crippen LogP contribution in [0.2, 0.25) is 0 Å². The summed E-state index contributed by atoms with van der Waals surface area (Å²) in [5, 5.41) is 3.85. The van der Waals surface area contributed by atoms with Gasteiger partial charge in [-0.1, -0.05) is 25.9 Å². The zero-order valence-electron chi connectivity index (χ0n) is 10.1. The number of nitrogens with two attached hydrogens (primary N) is 1. The van der Waals surface area contributed by atoms with Gasteiger partial charge >= 0.3 is 0 Å². The molecule has 2 rings (SSSR count). The second-order valence-corrected chi connectivity index (χ2v) is 4.89. The van der Waals surface area contributed by atoms with Crippen LogP contribution < -0.4 is 5.73 Å². The van der Waals surface area contributed by atoms with Crippen molar-refractivity contribution in [1.82, 2.24) is 20.1 Å². The van der Waals surface area contributed by atoms with Crippen molar-refractivity contribution in [3.8, 4) is 11.5 Å². The molecule has 2 aromatic rings. The Balaban J connectivity index is 2.28. The molecule has 0 saturated heterocycles. The van der Waals surface area contributed by atoms with Crippen LogP contribution in [0.5, 0.6) is 0 Å². The Bertz CT molecular complexity index is 488. The fraction of sp³-hybridized carbons (Fsp3) is 0.455. The number of rotatable bonds is 2. The van der Waals surface area contributed by atoms with Gasteiger partial charge in [0, 0.05) is 12.4 Å². The highest BCUT2D eigenvalue weighted by Gasteiger charge is 2.27. The molecule has 2 N–H and O–H groups in total. The van der Waals surface area contributed by atoms with Crippen LogP contribution in [0.3, 0.4) is 0 Å². The molecule has 2 heterocycles. The lowest BCUT2D eigenvalue weighted by Gasteiger charge is -2.23. The zero-order chi connectivity index (χ0) is 12.5. The van der Waals surface area contributed by atoms with Gasteiger partial charge in [-0.15, -0.1) is 0 Å². The van der Waals surface area contributed by atoms with E-state index in [0.29, 0.717) is 17.4 Å². The van der Waals surface area contributed by atoms with Crippen molar-refractivity contribution in [2.45, 2.75) is 26.8 Å². The van der Waals surface area contributed by atoms with Crippen LogP contribution in [-0.4, -0.2) is 20.1 Å². The molecule has 0 fully saturated rings. The molecule has 6 nitrogen and oxygen atoms in total. The minimum absolute atomic E-state index is 0.133. The predicted molar refractivity (Wildman–Crippen MR) is 61.7 cm³/mol. The SMILES string of the molecule is CC(C)(C)[C@H](N)c1nc(-c2cnccn2)no1. The number of hydrogen-bond acceptors (Lipinski definition) is 6. The lowest BCUT2D eigenvalue weighted by molar-refractivity contribution is 0.253. The van der Waals surface area contributed by atoms with Crippen molar-refractivity contribution in [2.75, 3.05) is 0 Å². The quantitative estimate of drug-likeness (QED) is 0.846. The fourth-order valence-corrected chi connectivity index (χ4v) is 1.25. The van der Waals surface area contributed by atoms with Crippen LogP contribution in [0.1, 0.15) is 32.7 Å². The van der Waals surface area contributed by atoms with Gasteiger partial charge in [0.1, 0.15) is 5.69 Å². The largest absolute Gasteiger partial charge is 0.337 e. The van der Waals surface area contributed by atoms with E-state index in [4.69, 9.17) is 10.3 Å². The van der Waals surface area contributed by atoms with Gasteiger partial charge in [-0.05, 0) is 5.41 Å². The van der Waals surface area contributed by atoms with E-state index < -0.39 is 0 Å². The molecule has 0 aliphatic heterocycles. The first kappa shape index (κ1) is 11.7. The first-order valence-electron chi connectivity index (χ1n) is 5.34. The van der Waals surface area contributed by atoms with Crippen LogP contribution in [-0.2, 0) is 0 Å². The summed E-state index contributed by atoms with van der Waals surface area (Å²) in [7, 11) is 0. The van der Waals surface area contributed by atoms with E-state index in [1.807, 2.05) is 20.8 Å². The molecule has 2 aromatic heterocycles. The van der Waals surface area contributed by atoms with Crippen molar-refractivity contribution in [1.29, 1.82) is 0 Å². The topological polar surface area (TPSA) is 90.7 Å². The van der Waals surface area contributed by atoms with Crippen LogP contribution in [0.4, 0.5) is 0 Å². The highest BCUT2D eigenvalue weighted by molar-refractivity contribution is 5.45. The van der Waals surface area contributed by atoms with Gasteiger partial charge in [-0.2, -0.15) is 4.98 Å².